The molecule has 0 amide bonds. The van der Waals surface area contributed by atoms with E-state index in [1.54, 1.807) is 6.07 Å². The van der Waals surface area contributed by atoms with Crippen molar-refractivity contribution in [1.29, 1.82) is 0 Å². The lowest BCUT2D eigenvalue weighted by molar-refractivity contribution is 0.386. The third kappa shape index (κ3) is 2.40. The van der Waals surface area contributed by atoms with Crippen LogP contribution in [-0.4, -0.2) is 29.7 Å². The highest BCUT2D eigenvalue weighted by atomic mass is 32.2. The van der Waals surface area contributed by atoms with Gasteiger partial charge < -0.3 is 9.47 Å². The number of sulfonamides is 1. The Morgan fingerprint density at radius 1 is 1.20 bits per heavy atom. The largest absolute Gasteiger partial charge is 0.497 e. The summed E-state index contributed by atoms with van der Waals surface area (Å²) in [6.07, 6.45) is 0. The van der Waals surface area contributed by atoms with Gasteiger partial charge in [-0.3, -0.25) is 0 Å². The summed E-state index contributed by atoms with van der Waals surface area (Å²) >= 11 is 0. The molecule has 0 fully saturated rings. The molecule has 0 spiro atoms. The molecule has 5 nitrogen and oxygen atoms in total. The van der Waals surface area contributed by atoms with Crippen molar-refractivity contribution in [3.63, 3.8) is 0 Å². The normalized spacial score (nSPS) is 11.1. The molecule has 1 rings (SSSR count). The van der Waals surface area contributed by atoms with Crippen LogP contribution >= 0.6 is 0 Å². The fraction of sp³-hybridized carbons (Fsp3) is 0.333. The Kier molecular flexibility index (Phi) is 3.54. The SMILES string of the molecule is CNS(=O)(=O)c1ccc(OC)cc1OC. The third-order valence-corrected chi connectivity index (χ3v) is 3.38. The maximum Gasteiger partial charge on any atom is 0.244 e. The van der Waals surface area contributed by atoms with Crippen molar-refractivity contribution in [3.8, 4) is 11.5 Å². The molecule has 0 aliphatic rings. The third-order valence-electron chi connectivity index (χ3n) is 1.93. The lowest BCUT2D eigenvalue weighted by atomic mass is 10.3. The zero-order valence-corrected chi connectivity index (χ0v) is 9.59. The van der Waals surface area contributed by atoms with Gasteiger partial charge in [-0.05, 0) is 19.2 Å². The first-order valence-corrected chi connectivity index (χ1v) is 5.69. The summed E-state index contributed by atoms with van der Waals surface area (Å²) in [5.41, 5.74) is 0. The van der Waals surface area contributed by atoms with Gasteiger partial charge >= 0.3 is 0 Å². The molecule has 1 N–H and O–H groups in total. The number of nitrogens with one attached hydrogen (secondary N) is 1. The van der Waals surface area contributed by atoms with E-state index in [1.165, 1.54) is 33.4 Å². The van der Waals surface area contributed by atoms with E-state index in [9.17, 15) is 8.42 Å². The minimum Gasteiger partial charge on any atom is -0.497 e. The van der Waals surface area contributed by atoms with E-state index in [4.69, 9.17) is 9.47 Å². The van der Waals surface area contributed by atoms with Gasteiger partial charge in [0.25, 0.3) is 0 Å². The van der Waals surface area contributed by atoms with Crippen LogP contribution in [0.1, 0.15) is 0 Å². The molecular formula is C9H13NO4S. The molecule has 0 aliphatic carbocycles. The van der Waals surface area contributed by atoms with Crippen LogP contribution in [0.15, 0.2) is 23.1 Å². The van der Waals surface area contributed by atoms with Crippen molar-refractivity contribution >= 4 is 10.0 Å². The Balaban J connectivity index is 3.31. The summed E-state index contributed by atoms with van der Waals surface area (Å²) in [5, 5.41) is 0. The monoisotopic (exact) mass is 231 g/mol. The van der Waals surface area contributed by atoms with Gasteiger partial charge in [0.1, 0.15) is 16.4 Å². The molecule has 15 heavy (non-hydrogen) atoms. The Bertz CT molecular complexity index is 441. The molecule has 0 saturated carbocycles. The highest BCUT2D eigenvalue weighted by Crippen LogP contribution is 2.27. The van der Waals surface area contributed by atoms with Crippen LogP contribution in [0, 0.1) is 0 Å². The number of hydrogen-bond donors (Lipinski definition) is 1. The average Bonchev–Trinajstić information content (AvgIpc) is 2.28. The van der Waals surface area contributed by atoms with Crippen molar-refractivity contribution in [2.75, 3.05) is 21.3 Å². The summed E-state index contributed by atoms with van der Waals surface area (Å²) in [4.78, 5) is 0.0910. The van der Waals surface area contributed by atoms with E-state index < -0.39 is 10.0 Å². The van der Waals surface area contributed by atoms with Gasteiger partial charge in [0.2, 0.25) is 10.0 Å². The molecule has 0 atom stereocenters. The first kappa shape index (κ1) is 11.8. The van der Waals surface area contributed by atoms with E-state index in [-0.39, 0.29) is 10.6 Å². The number of benzene rings is 1. The molecule has 0 aliphatic heterocycles. The van der Waals surface area contributed by atoms with Crippen LogP contribution in [0.5, 0.6) is 11.5 Å². The van der Waals surface area contributed by atoms with E-state index in [2.05, 4.69) is 4.72 Å². The maximum atomic E-state index is 11.5. The van der Waals surface area contributed by atoms with Crippen molar-refractivity contribution in [2.24, 2.45) is 0 Å². The first-order valence-electron chi connectivity index (χ1n) is 4.20. The molecule has 0 heterocycles. The lowest BCUT2D eigenvalue weighted by Gasteiger charge is -2.09. The van der Waals surface area contributed by atoms with E-state index in [0.717, 1.165) is 0 Å². The number of ether oxygens (including phenoxy) is 2. The molecule has 0 bridgehead atoms. The van der Waals surface area contributed by atoms with Gasteiger partial charge in [-0.1, -0.05) is 0 Å². The van der Waals surface area contributed by atoms with E-state index in [1.807, 2.05) is 0 Å². The summed E-state index contributed by atoms with van der Waals surface area (Å²) in [6.45, 7) is 0. The Morgan fingerprint density at radius 3 is 2.33 bits per heavy atom. The lowest BCUT2D eigenvalue weighted by Crippen LogP contribution is -2.19. The minimum atomic E-state index is -3.50. The van der Waals surface area contributed by atoms with Crippen molar-refractivity contribution in [3.05, 3.63) is 18.2 Å². The maximum absolute atomic E-state index is 11.5. The van der Waals surface area contributed by atoms with Crippen molar-refractivity contribution in [1.82, 2.24) is 4.72 Å². The predicted octanol–water partition coefficient (Wildman–Crippen LogP) is 0.612. The Labute approximate surface area is 89.1 Å². The smallest absolute Gasteiger partial charge is 0.244 e. The summed E-state index contributed by atoms with van der Waals surface area (Å²) in [7, 11) is 0.757. The molecule has 0 unspecified atom stereocenters. The van der Waals surface area contributed by atoms with Crippen LogP contribution in [0.2, 0.25) is 0 Å². The van der Waals surface area contributed by atoms with Crippen LogP contribution < -0.4 is 14.2 Å². The molecule has 0 aromatic heterocycles. The Hall–Kier alpha value is -1.27. The highest BCUT2D eigenvalue weighted by Gasteiger charge is 2.17. The molecular weight excluding hydrogens is 218 g/mol. The molecule has 0 radical (unpaired) electrons. The Morgan fingerprint density at radius 2 is 1.87 bits per heavy atom. The topological polar surface area (TPSA) is 64.6 Å². The van der Waals surface area contributed by atoms with Gasteiger partial charge in [0.05, 0.1) is 14.2 Å². The molecule has 0 saturated heterocycles. The fourth-order valence-corrected chi connectivity index (χ4v) is 1.98. The molecule has 6 heteroatoms. The standard InChI is InChI=1S/C9H13NO4S/c1-10-15(11,12)9-5-4-7(13-2)6-8(9)14-3/h4-6,10H,1-3H3. The second-order valence-corrected chi connectivity index (χ2v) is 4.58. The quantitative estimate of drug-likeness (QED) is 0.824. The highest BCUT2D eigenvalue weighted by molar-refractivity contribution is 7.89. The zero-order valence-electron chi connectivity index (χ0n) is 8.77. The minimum absolute atomic E-state index is 0.0910. The second-order valence-electron chi connectivity index (χ2n) is 2.72. The van der Waals surface area contributed by atoms with Crippen LogP contribution in [-0.2, 0) is 10.0 Å². The van der Waals surface area contributed by atoms with Gasteiger partial charge in [-0.2, -0.15) is 0 Å². The average molecular weight is 231 g/mol. The molecule has 1 aromatic carbocycles. The van der Waals surface area contributed by atoms with E-state index >= 15 is 0 Å². The number of hydrogen-bond acceptors (Lipinski definition) is 4. The van der Waals surface area contributed by atoms with Gasteiger partial charge in [0.15, 0.2) is 0 Å². The van der Waals surface area contributed by atoms with Crippen LogP contribution in [0.25, 0.3) is 0 Å². The summed E-state index contributed by atoms with van der Waals surface area (Å²) < 4.78 is 35.3. The number of methoxy groups -OCH3 is 2. The van der Waals surface area contributed by atoms with Crippen LogP contribution in [0.4, 0.5) is 0 Å². The van der Waals surface area contributed by atoms with E-state index in [0.29, 0.717) is 5.75 Å². The van der Waals surface area contributed by atoms with Crippen molar-refractivity contribution in [2.45, 2.75) is 4.90 Å². The van der Waals surface area contributed by atoms with Crippen LogP contribution in [0.3, 0.4) is 0 Å². The summed E-state index contributed by atoms with van der Waals surface area (Å²) in [5.74, 6) is 0.797. The second kappa shape index (κ2) is 4.50. The first-order chi connectivity index (χ1) is 7.05. The van der Waals surface area contributed by atoms with Crippen molar-refractivity contribution < 1.29 is 17.9 Å². The summed E-state index contributed by atoms with van der Waals surface area (Å²) in [6, 6.07) is 4.51. The zero-order chi connectivity index (χ0) is 11.5. The van der Waals surface area contributed by atoms with Gasteiger partial charge in [-0.25, -0.2) is 13.1 Å². The predicted molar refractivity (Wildman–Crippen MR) is 55.8 cm³/mol. The van der Waals surface area contributed by atoms with Gasteiger partial charge in [-0.15, -0.1) is 0 Å². The van der Waals surface area contributed by atoms with Gasteiger partial charge in [0, 0.05) is 6.07 Å². The fourth-order valence-electron chi connectivity index (χ4n) is 1.11. The molecule has 84 valence electrons. The molecule has 1 aromatic rings. The number of rotatable bonds is 4.